The Bertz CT molecular complexity index is 1200. The number of hydrogen-bond acceptors (Lipinski definition) is 6. The third-order valence-corrected chi connectivity index (χ3v) is 5.77. The fraction of sp³-hybridized carbons (Fsp3) is 0.375. The number of unbranched alkanes of at least 4 members (excludes halogenated alkanes) is 1. The lowest BCUT2D eigenvalue weighted by atomic mass is 10.1. The van der Waals surface area contributed by atoms with E-state index in [1.54, 1.807) is 17.6 Å². The molecule has 1 aliphatic heterocycles. The molecule has 1 fully saturated rings. The predicted molar refractivity (Wildman–Crippen MR) is 120 cm³/mol. The number of para-hydroxylation sites is 1. The van der Waals surface area contributed by atoms with E-state index in [2.05, 4.69) is 10.1 Å². The summed E-state index contributed by atoms with van der Waals surface area (Å²) < 4.78 is 19.4. The molecule has 32 heavy (non-hydrogen) atoms. The third kappa shape index (κ3) is 4.31. The first-order chi connectivity index (χ1) is 15.7. The van der Waals surface area contributed by atoms with Crippen molar-refractivity contribution in [3.8, 4) is 17.3 Å². The van der Waals surface area contributed by atoms with Crippen LogP contribution in [0.2, 0.25) is 0 Å². The lowest BCUT2D eigenvalue weighted by Gasteiger charge is -2.32. The Balaban J connectivity index is 1.18. The van der Waals surface area contributed by atoms with Gasteiger partial charge in [-0.15, -0.1) is 5.10 Å². The summed E-state index contributed by atoms with van der Waals surface area (Å²) in [6.45, 7) is 4.16. The number of morpholine rings is 1. The van der Waals surface area contributed by atoms with Crippen molar-refractivity contribution < 1.29 is 18.7 Å². The molecule has 1 saturated heterocycles. The molecule has 166 valence electrons. The molecule has 0 radical (unpaired) electrons. The van der Waals surface area contributed by atoms with Crippen LogP contribution in [0.1, 0.15) is 26.2 Å². The van der Waals surface area contributed by atoms with Gasteiger partial charge in [0.15, 0.2) is 11.4 Å². The molecule has 0 saturated carbocycles. The zero-order valence-electron chi connectivity index (χ0n) is 18.1. The fourth-order valence-corrected chi connectivity index (χ4v) is 4.04. The Morgan fingerprint density at radius 3 is 3.00 bits per heavy atom. The van der Waals surface area contributed by atoms with E-state index in [0.29, 0.717) is 32.2 Å². The van der Waals surface area contributed by atoms with Crippen molar-refractivity contribution in [2.24, 2.45) is 0 Å². The monoisotopic (exact) mass is 434 g/mol. The van der Waals surface area contributed by atoms with Crippen LogP contribution >= 0.6 is 0 Å². The van der Waals surface area contributed by atoms with Gasteiger partial charge in [0.1, 0.15) is 11.3 Å². The van der Waals surface area contributed by atoms with Gasteiger partial charge in [0.2, 0.25) is 11.8 Å². The van der Waals surface area contributed by atoms with E-state index >= 15 is 0 Å². The maximum atomic E-state index is 11.5. The van der Waals surface area contributed by atoms with Crippen LogP contribution in [0.15, 0.2) is 53.1 Å². The van der Waals surface area contributed by atoms with Gasteiger partial charge in [0.25, 0.3) is 0 Å². The van der Waals surface area contributed by atoms with Crippen molar-refractivity contribution in [2.75, 3.05) is 26.3 Å². The molecule has 4 aromatic rings. The number of fused-ring (bicyclic) bond motifs is 2. The summed E-state index contributed by atoms with van der Waals surface area (Å²) in [6.07, 6.45) is 4.64. The highest BCUT2D eigenvalue weighted by Gasteiger charge is 2.21. The van der Waals surface area contributed by atoms with E-state index in [1.165, 1.54) is 0 Å². The molecule has 0 aliphatic carbocycles. The highest BCUT2D eigenvalue weighted by Crippen LogP contribution is 2.28. The van der Waals surface area contributed by atoms with E-state index < -0.39 is 0 Å². The summed E-state index contributed by atoms with van der Waals surface area (Å²) in [4.78, 5) is 17.8. The Hall–Kier alpha value is -3.39. The maximum Gasteiger partial charge on any atom is 0.231 e. The highest BCUT2D eigenvalue weighted by atomic mass is 16.5. The van der Waals surface area contributed by atoms with Crippen LogP contribution < -0.4 is 4.74 Å². The van der Waals surface area contributed by atoms with Crippen molar-refractivity contribution in [1.29, 1.82) is 0 Å². The van der Waals surface area contributed by atoms with Crippen molar-refractivity contribution in [1.82, 2.24) is 19.5 Å². The van der Waals surface area contributed by atoms with Gasteiger partial charge in [-0.25, -0.2) is 9.50 Å². The van der Waals surface area contributed by atoms with Gasteiger partial charge in [-0.2, -0.15) is 0 Å². The molecular formula is C24H26N4O4. The van der Waals surface area contributed by atoms with Gasteiger partial charge >= 0.3 is 0 Å². The molecule has 1 unspecified atom stereocenters. The standard InChI is InChI=1S/C24H26N4O4/c1-17(29)27-11-13-30-19(16-27)7-4-5-12-31-24-10-9-23-25-15-20(28(23)26-24)22-14-18-6-2-3-8-21(18)32-22/h2-3,6,8-10,14-15,19H,4-5,7,11-13,16H2,1H3. The number of rotatable bonds is 7. The summed E-state index contributed by atoms with van der Waals surface area (Å²) in [6, 6.07) is 13.6. The largest absolute Gasteiger partial charge is 0.477 e. The molecule has 1 aliphatic rings. The van der Waals surface area contributed by atoms with Gasteiger partial charge in [0, 0.05) is 31.5 Å². The second kappa shape index (κ2) is 9.00. The molecule has 8 heteroatoms. The van der Waals surface area contributed by atoms with E-state index in [0.717, 1.165) is 47.3 Å². The van der Waals surface area contributed by atoms with Crippen LogP contribution in [0, 0.1) is 0 Å². The fourth-order valence-electron chi connectivity index (χ4n) is 4.04. The molecule has 5 rings (SSSR count). The van der Waals surface area contributed by atoms with Gasteiger partial charge in [-0.3, -0.25) is 4.79 Å². The summed E-state index contributed by atoms with van der Waals surface area (Å²) in [5.41, 5.74) is 2.35. The van der Waals surface area contributed by atoms with E-state index in [9.17, 15) is 4.79 Å². The van der Waals surface area contributed by atoms with Crippen LogP contribution in [0.3, 0.4) is 0 Å². The zero-order chi connectivity index (χ0) is 21.9. The number of ether oxygens (including phenoxy) is 2. The first kappa shape index (κ1) is 20.5. The average Bonchev–Trinajstić information content (AvgIpc) is 3.42. The molecule has 0 bridgehead atoms. The van der Waals surface area contributed by atoms with E-state index in [-0.39, 0.29) is 12.0 Å². The first-order valence-corrected chi connectivity index (χ1v) is 11.0. The first-order valence-electron chi connectivity index (χ1n) is 11.0. The minimum Gasteiger partial charge on any atom is -0.477 e. The lowest BCUT2D eigenvalue weighted by molar-refractivity contribution is -0.136. The van der Waals surface area contributed by atoms with Gasteiger partial charge in [-0.05, 0) is 37.5 Å². The number of hydrogen-bond donors (Lipinski definition) is 0. The molecule has 4 heterocycles. The number of aromatic nitrogens is 3. The Morgan fingerprint density at radius 2 is 2.12 bits per heavy atom. The second-order valence-corrected chi connectivity index (χ2v) is 8.04. The van der Waals surface area contributed by atoms with Crippen LogP contribution in [0.25, 0.3) is 28.1 Å². The van der Waals surface area contributed by atoms with E-state index in [4.69, 9.17) is 13.9 Å². The minimum absolute atomic E-state index is 0.111. The molecule has 1 amide bonds. The molecule has 8 nitrogen and oxygen atoms in total. The van der Waals surface area contributed by atoms with Crippen molar-refractivity contribution in [3.63, 3.8) is 0 Å². The van der Waals surface area contributed by atoms with Crippen LogP contribution in [0.4, 0.5) is 0 Å². The molecule has 1 atom stereocenters. The Morgan fingerprint density at radius 1 is 1.22 bits per heavy atom. The molecule has 1 aromatic carbocycles. The number of carbonyl (C=O) groups excluding carboxylic acids is 1. The Labute approximate surface area is 185 Å². The van der Waals surface area contributed by atoms with Crippen LogP contribution in [-0.4, -0.2) is 57.8 Å². The predicted octanol–water partition coefficient (Wildman–Crippen LogP) is 3.94. The SMILES string of the molecule is CC(=O)N1CCOC(CCCCOc2ccc3ncc(-c4cc5ccccc5o4)n3n2)C1. The summed E-state index contributed by atoms with van der Waals surface area (Å²) in [7, 11) is 0. The molecular weight excluding hydrogens is 408 g/mol. The second-order valence-electron chi connectivity index (χ2n) is 8.04. The average molecular weight is 434 g/mol. The minimum atomic E-state index is 0.111. The van der Waals surface area contributed by atoms with E-state index in [1.807, 2.05) is 47.4 Å². The summed E-state index contributed by atoms with van der Waals surface area (Å²) in [5.74, 6) is 1.38. The van der Waals surface area contributed by atoms with Gasteiger partial charge in [-0.1, -0.05) is 18.2 Å². The molecule has 0 N–H and O–H groups in total. The summed E-state index contributed by atoms with van der Waals surface area (Å²) in [5, 5.41) is 5.64. The number of nitrogens with zero attached hydrogens (tertiary/aromatic N) is 4. The number of amides is 1. The van der Waals surface area contributed by atoms with Crippen molar-refractivity contribution in [2.45, 2.75) is 32.3 Å². The quantitative estimate of drug-likeness (QED) is 0.410. The van der Waals surface area contributed by atoms with Crippen molar-refractivity contribution in [3.05, 3.63) is 48.7 Å². The van der Waals surface area contributed by atoms with Crippen molar-refractivity contribution >= 4 is 22.5 Å². The van der Waals surface area contributed by atoms with Gasteiger partial charge < -0.3 is 18.8 Å². The number of furan rings is 1. The summed E-state index contributed by atoms with van der Waals surface area (Å²) >= 11 is 0. The van der Waals surface area contributed by atoms with Crippen LogP contribution in [-0.2, 0) is 9.53 Å². The highest BCUT2D eigenvalue weighted by molar-refractivity contribution is 5.82. The number of carbonyl (C=O) groups is 1. The maximum absolute atomic E-state index is 11.5. The van der Waals surface area contributed by atoms with Gasteiger partial charge in [0.05, 0.1) is 25.5 Å². The molecule has 3 aromatic heterocycles. The Kier molecular flexibility index (Phi) is 5.77. The molecule has 0 spiro atoms. The number of imidazole rings is 1. The number of benzene rings is 1. The third-order valence-electron chi connectivity index (χ3n) is 5.77. The smallest absolute Gasteiger partial charge is 0.231 e. The normalized spacial score (nSPS) is 16.7. The zero-order valence-corrected chi connectivity index (χ0v) is 18.1. The topological polar surface area (TPSA) is 82.1 Å². The van der Waals surface area contributed by atoms with Crippen LogP contribution in [0.5, 0.6) is 5.88 Å². The lowest BCUT2D eigenvalue weighted by Crippen LogP contribution is -2.44.